The molecule has 0 radical (unpaired) electrons. The summed E-state index contributed by atoms with van der Waals surface area (Å²) in [4.78, 5) is 39.7. The lowest BCUT2D eigenvalue weighted by atomic mass is 9.76. The van der Waals surface area contributed by atoms with Crippen LogP contribution in [0.25, 0.3) is 0 Å². The smallest absolute Gasteiger partial charge is 0.311 e. The second kappa shape index (κ2) is 9.04. The Labute approximate surface area is 145 Å². The monoisotopic (exact) mass is 340 g/mol. The van der Waals surface area contributed by atoms with Crippen LogP contribution in [-0.2, 0) is 14.4 Å². The largest absolute Gasteiger partial charge is 0.481 e. The van der Waals surface area contributed by atoms with Gasteiger partial charge in [-0.2, -0.15) is 0 Å². The van der Waals surface area contributed by atoms with Crippen molar-refractivity contribution in [2.75, 3.05) is 26.2 Å². The summed E-state index contributed by atoms with van der Waals surface area (Å²) in [6, 6.07) is 0. The van der Waals surface area contributed by atoms with Crippen LogP contribution in [0, 0.1) is 11.3 Å². The zero-order valence-corrected chi connectivity index (χ0v) is 15.5. The molecule has 1 aliphatic rings. The highest BCUT2D eigenvalue weighted by Gasteiger charge is 2.48. The number of rotatable bonds is 9. The van der Waals surface area contributed by atoms with Gasteiger partial charge in [-0.3, -0.25) is 14.4 Å². The van der Waals surface area contributed by atoms with Gasteiger partial charge in [0.05, 0.1) is 5.41 Å². The van der Waals surface area contributed by atoms with Crippen molar-refractivity contribution < 1.29 is 19.5 Å². The fraction of sp³-hybridized carbons (Fsp3) is 0.833. The molecule has 1 atom stereocenters. The van der Waals surface area contributed by atoms with Crippen molar-refractivity contribution >= 4 is 17.8 Å². The topological polar surface area (TPSA) is 77.9 Å². The molecule has 1 saturated heterocycles. The molecule has 0 saturated carbocycles. The molecule has 0 spiro atoms. The zero-order chi connectivity index (χ0) is 18.3. The second-order valence-electron chi connectivity index (χ2n) is 7.06. The Hall–Kier alpha value is -1.59. The molecule has 0 bridgehead atoms. The van der Waals surface area contributed by atoms with Crippen LogP contribution in [0.1, 0.15) is 59.8 Å². The third-order valence-electron chi connectivity index (χ3n) is 5.08. The molecule has 0 aromatic rings. The van der Waals surface area contributed by atoms with E-state index in [4.69, 9.17) is 0 Å². The average molecular weight is 340 g/mol. The Bertz CT molecular complexity index is 458. The highest BCUT2D eigenvalue weighted by molar-refractivity contribution is 5.85. The maximum absolute atomic E-state index is 12.4. The first-order valence-corrected chi connectivity index (χ1v) is 9.07. The molecule has 0 aliphatic carbocycles. The molecule has 138 valence electrons. The van der Waals surface area contributed by atoms with E-state index in [1.54, 1.807) is 4.90 Å². The first-order valence-electron chi connectivity index (χ1n) is 9.07. The Morgan fingerprint density at radius 2 is 1.71 bits per heavy atom. The molecular weight excluding hydrogens is 308 g/mol. The molecule has 1 N–H and O–H groups in total. The van der Waals surface area contributed by atoms with Crippen LogP contribution >= 0.6 is 0 Å². The van der Waals surface area contributed by atoms with E-state index < -0.39 is 11.4 Å². The normalized spacial score (nSPS) is 20.5. The molecule has 1 heterocycles. The molecule has 0 aromatic heterocycles. The van der Waals surface area contributed by atoms with Crippen molar-refractivity contribution in [1.82, 2.24) is 9.80 Å². The van der Waals surface area contributed by atoms with Crippen molar-refractivity contribution in [3.63, 3.8) is 0 Å². The molecule has 1 unspecified atom stereocenters. The molecule has 6 heteroatoms. The van der Waals surface area contributed by atoms with E-state index >= 15 is 0 Å². The predicted molar refractivity (Wildman–Crippen MR) is 92.5 cm³/mol. The molecule has 6 nitrogen and oxygen atoms in total. The SMILES string of the molecule is CCCN(CCC)C(=O)CCC(=O)N1CCC(C(=O)O)(C(C)C)C1. The molecule has 1 aliphatic heterocycles. The van der Waals surface area contributed by atoms with Gasteiger partial charge in [-0.05, 0) is 25.2 Å². The molecule has 2 amide bonds. The lowest BCUT2D eigenvalue weighted by Gasteiger charge is -2.28. The minimum atomic E-state index is -0.851. The van der Waals surface area contributed by atoms with Crippen LogP contribution in [0.15, 0.2) is 0 Å². The molecule has 1 fully saturated rings. The number of carbonyl (C=O) groups is 3. The van der Waals surface area contributed by atoms with Crippen molar-refractivity contribution in [3.8, 4) is 0 Å². The van der Waals surface area contributed by atoms with E-state index in [2.05, 4.69) is 0 Å². The van der Waals surface area contributed by atoms with Crippen LogP contribution in [-0.4, -0.2) is 58.9 Å². The quantitative estimate of drug-likeness (QED) is 0.699. The number of amides is 2. The van der Waals surface area contributed by atoms with Gasteiger partial charge in [0.25, 0.3) is 0 Å². The number of aliphatic carboxylic acids is 1. The summed E-state index contributed by atoms with van der Waals surface area (Å²) in [5.41, 5.74) is -0.851. The second-order valence-corrected chi connectivity index (χ2v) is 7.06. The Morgan fingerprint density at radius 1 is 1.12 bits per heavy atom. The van der Waals surface area contributed by atoms with Crippen LogP contribution in [0.5, 0.6) is 0 Å². The predicted octanol–water partition coefficient (Wildman–Crippen LogP) is 2.37. The number of hydrogen-bond acceptors (Lipinski definition) is 3. The van der Waals surface area contributed by atoms with E-state index in [0.717, 1.165) is 25.9 Å². The molecular formula is C18H32N2O4. The first-order chi connectivity index (χ1) is 11.3. The summed E-state index contributed by atoms with van der Waals surface area (Å²) in [5.74, 6) is -0.959. The van der Waals surface area contributed by atoms with Gasteiger partial charge >= 0.3 is 5.97 Å². The summed E-state index contributed by atoms with van der Waals surface area (Å²) >= 11 is 0. The van der Waals surface area contributed by atoms with Crippen molar-refractivity contribution in [2.45, 2.75) is 59.8 Å². The van der Waals surface area contributed by atoms with E-state index in [-0.39, 0.29) is 37.1 Å². The van der Waals surface area contributed by atoms with E-state index in [0.29, 0.717) is 13.0 Å². The fourth-order valence-corrected chi connectivity index (χ4v) is 3.37. The summed E-state index contributed by atoms with van der Waals surface area (Å²) in [5, 5.41) is 9.54. The maximum Gasteiger partial charge on any atom is 0.311 e. The van der Waals surface area contributed by atoms with Gasteiger partial charge in [0.2, 0.25) is 11.8 Å². The standard InChI is InChI=1S/C18H32N2O4/c1-5-10-19(11-6-2)15(21)7-8-16(22)20-12-9-18(13-20,14(3)4)17(23)24/h14H,5-13H2,1-4H3,(H,23,24). The van der Waals surface area contributed by atoms with Crippen LogP contribution in [0.4, 0.5) is 0 Å². The van der Waals surface area contributed by atoms with Crippen molar-refractivity contribution in [3.05, 3.63) is 0 Å². The van der Waals surface area contributed by atoms with Gasteiger partial charge in [-0.25, -0.2) is 0 Å². The highest BCUT2D eigenvalue weighted by atomic mass is 16.4. The number of hydrogen-bond donors (Lipinski definition) is 1. The number of nitrogens with zero attached hydrogens (tertiary/aromatic N) is 2. The minimum absolute atomic E-state index is 0.0135. The van der Waals surface area contributed by atoms with Crippen LogP contribution in [0.3, 0.4) is 0 Å². The van der Waals surface area contributed by atoms with E-state index in [1.807, 2.05) is 32.6 Å². The summed E-state index contributed by atoms with van der Waals surface area (Å²) in [7, 11) is 0. The summed E-state index contributed by atoms with van der Waals surface area (Å²) in [6.07, 6.45) is 2.66. The number of carbonyl (C=O) groups excluding carboxylic acids is 2. The number of likely N-dealkylation sites (tertiary alicyclic amines) is 1. The lowest BCUT2D eigenvalue weighted by Crippen LogP contribution is -2.41. The summed E-state index contributed by atoms with van der Waals surface area (Å²) in [6.45, 7) is 10.00. The van der Waals surface area contributed by atoms with Crippen LogP contribution < -0.4 is 0 Å². The number of carboxylic acid groups (broad SMARTS) is 1. The third kappa shape index (κ3) is 4.71. The van der Waals surface area contributed by atoms with Crippen molar-refractivity contribution in [1.29, 1.82) is 0 Å². The molecule has 0 aromatic carbocycles. The Kier molecular flexibility index (Phi) is 7.70. The lowest BCUT2D eigenvalue weighted by molar-refractivity contribution is -0.151. The van der Waals surface area contributed by atoms with Gasteiger partial charge in [0.15, 0.2) is 0 Å². The average Bonchev–Trinajstić information content (AvgIpc) is 2.99. The van der Waals surface area contributed by atoms with Gasteiger partial charge in [-0.15, -0.1) is 0 Å². The molecule has 24 heavy (non-hydrogen) atoms. The van der Waals surface area contributed by atoms with Crippen molar-refractivity contribution in [2.24, 2.45) is 11.3 Å². The van der Waals surface area contributed by atoms with Crippen LogP contribution in [0.2, 0.25) is 0 Å². The minimum Gasteiger partial charge on any atom is -0.481 e. The third-order valence-corrected chi connectivity index (χ3v) is 5.08. The number of carboxylic acids is 1. The molecule has 1 rings (SSSR count). The van der Waals surface area contributed by atoms with Gasteiger partial charge in [0, 0.05) is 39.0 Å². The maximum atomic E-state index is 12.4. The fourth-order valence-electron chi connectivity index (χ4n) is 3.37. The van der Waals surface area contributed by atoms with Gasteiger partial charge in [0.1, 0.15) is 0 Å². The van der Waals surface area contributed by atoms with E-state index in [1.165, 1.54) is 0 Å². The first kappa shape index (κ1) is 20.5. The summed E-state index contributed by atoms with van der Waals surface area (Å²) < 4.78 is 0. The van der Waals surface area contributed by atoms with Gasteiger partial charge in [-0.1, -0.05) is 27.7 Å². The van der Waals surface area contributed by atoms with E-state index in [9.17, 15) is 19.5 Å². The zero-order valence-electron chi connectivity index (χ0n) is 15.5. The Balaban J connectivity index is 2.57. The van der Waals surface area contributed by atoms with Gasteiger partial charge < -0.3 is 14.9 Å². The Morgan fingerprint density at radius 3 is 2.12 bits per heavy atom. The highest BCUT2D eigenvalue weighted by Crippen LogP contribution is 2.38.